The Balaban J connectivity index is 2.10. The van der Waals surface area contributed by atoms with Gasteiger partial charge in [-0.15, -0.1) is 0 Å². The van der Waals surface area contributed by atoms with Crippen molar-refractivity contribution in [1.82, 2.24) is 25.4 Å². The highest BCUT2D eigenvalue weighted by atomic mass is 16.5. The van der Waals surface area contributed by atoms with Gasteiger partial charge in [-0.25, -0.2) is 9.97 Å². The van der Waals surface area contributed by atoms with Crippen molar-refractivity contribution in [3.8, 4) is 17.4 Å². The third kappa shape index (κ3) is 4.22. The third-order valence-corrected chi connectivity index (χ3v) is 3.13. The number of hydrogen-bond donors (Lipinski definition) is 1. The maximum absolute atomic E-state index is 5.30. The lowest BCUT2D eigenvalue weighted by Crippen LogP contribution is -2.29. The van der Waals surface area contributed by atoms with Gasteiger partial charge in [-0.2, -0.15) is 4.98 Å². The van der Waals surface area contributed by atoms with Crippen LogP contribution in [0.2, 0.25) is 0 Å². The van der Waals surface area contributed by atoms with Crippen LogP contribution < -0.4 is 10.1 Å². The van der Waals surface area contributed by atoms with Gasteiger partial charge < -0.3 is 14.6 Å². The van der Waals surface area contributed by atoms with Gasteiger partial charge >= 0.3 is 0 Å². The van der Waals surface area contributed by atoms with Gasteiger partial charge in [0.1, 0.15) is 12.0 Å². The minimum absolute atomic E-state index is 0.318. The summed E-state index contributed by atoms with van der Waals surface area (Å²) < 4.78 is 10.4. The molecule has 0 saturated heterocycles. The van der Waals surface area contributed by atoms with Crippen LogP contribution in [-0.2, 0) is 6.42 Å². The molecule has 0 aliphatic heterocycles. The molecule has 0 saturated carbocycles. The lowest BCUT2D eigenvalue weighted by molar-refractivity contribution is 0.345. The van der Waals surface area contributed by atoms with Crippen LogP contribution >= 0.6 is 0 Å². The molecule has 0 radical (unpaired) electrons. The van der Waals surface area contributed by atoms with E-state index in [0.717, 1.165) is 6.42 Å². The molecule has 0 fully saturated rings. The summed E-state index contributed by atoms with van der Waals surface area (Å²) in [5.41, 5.74) is 0.585. The van der Waals surface area contributed by atoms with E-state index in [1.165, 1.54) is 6.33 Å². The molecule has 2 rings (SSSR count). The standard InChI is InChI=1S/C14H21N5O2/c1-9(2)5-10(15-3)6-13-18-14(19-21-13)11-7-12(20-4)17-8-16-11/h7-10,15H,5-6H2,1-4H3. The van der Waals surface area contributed by atoms with Crippen molar-refractivity contribution in [2.24, 2.45) is 5.92 Å². The van der Waals surface area contributed by atoms with E-state index in [0.29, 0.717) is 41.7 Å². The molecular formula is C14H21N5O2. The lowest BCUT2D eigenvalue weighted by atomic mass is 10.0. The molecule has 21 heavy (non-hydrogen) atoms. The molecule has 0 aromatic carbocycles. The fraction of sp³-hybridized carbons (Fsp3) is 0.571. The lowest BCUT2D eigenvalue weighted by Gasteiger charge is -2.15. The van der Waals surface area contributed by atoms with Crippen LogP contribution in [0.1, 0.15) is 26.2 Å². The SMILES string of the molecule is CNC(Cc1nc(-c2cc(OC)ncn2)no1)CC(C)C. The molecular weight excluding hydrogens is 270 g/mol. The largest absolute Gasteiger partial charge is 0.481 e. The molecule has 114 valence electrons. The van der Waals surface area contributed by atoms with Gasteiger partial charge in [0.2, 0.25) is 17.6 Å². The molecule has 2 aromatic rings. The Morgan fingerprint density at radius 2 is 2.14 bits per heavy atom. The number of rotatable bonds is 7. The molecule has 2 heterocycles. The minimum Gasteiger partial charge on any atom is -0.481 e. The molecule has 0 amide bonds. The van der Waals surface area contributed by atoms with E-state index >= 15 is 0 Å². The topological polar surface area (TPSA) is 86.0 Å². The monoisotopic (exact) mass is 291 g/mol. The third-order valence-electron chi connectivity index (χ3n) is 3.13. The summed E-state index contributed by atoms with van der Waals surface area (Å²) in [6.07, 6.45) is 3.17. The minimum atomic E-state index is 0.318. The fourth-order valence-electron chi connectivity index (χ4n) is 2.10. The first-order valence-corrected chi connectivity index (χ1v) is 6.98. The first-order chi connectivity index (χ1) is 10.1. The average molecular weight is 291 g/mol. The Hall–Kier alpha value is -2.02. The van der Waals surface area contributed by atoms with Crippen LogP contribution in [0.25, 0.3) is 11.5 Å². The number of nitrogens with zero attached hydrogens (tertiary/aromatic N) is 4. The summed E-state index contributed by atoms with van der Waals surface area (Å²) in [6, 6.07) is 2.00. The van der Waals surface area contributed by atoms with Crippen LogP contribution in [0.5, 0.6) is 5.88 Å². The maximum atomic E-state index is 5.30. The number of methoxy groups -OCH3 is 1. The molecule has 1 N–H and O–H groups in total. The van der Waals surface area contributed by atoms with Crippen molar-refractivity contribution < 1.29 is 9.26 Å². The Morgan fingerprint density at radius 1 is 1.33 bits per heavy atom. The molecule has 7 heteroatoms. The maximum Gasteiger partial charge on any atom is 0.228 e. The zero-order valence-corrected chi connectivity index (χ0v) is 12.8. The van der Waals surface area contributed by atoms with Gasteiger partial charge in [-0.1, -0.05) is 19.0 Å². The summed E-state index contributed by atoms with van der Waals surface area (Å²) in [4.78, 5) is 12.5. The molecule has 0 aliphatic carbocycles. The summed E-state index contributed by atoms with van der Waals surface area (Å²) in [5, 5.41) is 7.24. The van der Waals surface area contributed by atoms with E-state index in [4.69, 9.17) is 9.26 Å². The second-order valence-electron chi connectivity index (χ2n) is 5.28. The van der Waals surface area contributed by atoms with Gasteiger partial charge in [-0.3, -0.25) is 0 Å². The van der Waals surface area contributed by atoms with Crippen LogP contribution in [-0.4, -0.2) is 40.3 Å². The second-order valence-corrected chi connectivity index (χ2v) is 5.28. The Morgan fingerprint density at radius 3 is 2.81 bits per heavy atom. The predicted octanol–water partition coefficient (Wildman–Crippen LogP) is 1.71. The van der Waals surface area contributed by atoms with E-state index in [1.807, 2.05) is 7.05 Å². The highest BCUT2D eigenvalue weighted by Crippen LogP contribution is 2.17. The zero-order valence-electron chi connectivity index (χ0n) is 12.8. The van der Waals surface area contributed by atoms with Gasteiger partial charge in [0, 0.05) is 18.5 Å². The number of aromatic nitrogens is 4. The van der Waals surface area contributed by atoms with Crippen molar-refractivity contribution in [3.05, 3.63) is 18.3 Å². The molecule has 2 aromatic heterocycles. The molecule has 1 unspecified atom stereocenters. The number of nitrogens with one attached hydrogen (secondary N) is 1. The molecule has 0 spiro atoms. The van der Waals surface area contributed by atoms with E-state index < -0.39 is 0 Å². The normalized spacial score (nSPS) is 12.6. The molecule has 7 nitrogen and oxygen atoms in total. The Kier molecular flexibility index (Phi) is 5.21. The highest BCUT2D eigenvalue weighted by molar-refractivity contribution is 5.49. The first kappa shape index (κ1) is 15.4. The van der Waals surface area contributed by atoms with Crippen molar-refractivity contribution >= 4 is 0 Å². The van der Waals surface area contributed by atoms with E-state index in [1.54, 1.807) is 13.2 Å². The number of ether oxygens (including phenoxy) is 1. The molecule has 0 aliphatic rings. The van der Waals surface area contributed by atoms with Crippen molar-refractivity contribution in [2.75, 3.05) is 14.2 Å². The van der Waals surface area contributed by atoms with Crippen LogP contribution in [0.4, 0.5) is 0 Å². The second kappa shape index (κ2) is 7.12. The van der Waals surface area contributed by atoms with E-state index in [2.05, 4.69) is 39.3 Å². The van der Waals surface area contributed by atoms with Crippen molar-refractivity contribution in [3.63, 3.8) is 0 Å². The van der Waals surface area contributed by atoms with Crippen LogP contribution in [0.3, 0.4) is 0 Å². The predicted molar refractivity (Wildman–Crippen MR) is 77.9 cm³/mol. The summed E-state index contributed by atoms with van der Waals surface area (Å²) in [5.74, 6) is 2.13. The fourth-order valence-corrected chi connectivity index (χ4v) is 2.10. The first-order valence-electron chi connectivity index (χ1n) is 6.98. The van der Waals surface area contributed by atoms with Crippen LogP contribution in [0.15, 0.2) is 16.9 Å². The molecule has 1 atom stereocenters. The molecule has 0 bridgehead atoms. The van der Waals surface area contributed by atoms with Crippen molar-refractivity contribution in [1.29, 1.82) is 0 Å². The Labute approximate surface area is 124 Å². The van der Waals surface area contributed by atoms with Crippen LogP contribution in [0, 0.1) is 5.92 Å². The summed E-state index contributed by atoms with van der Waals surface area (Å²) in [6.45, 7) is 4.38. The Bertz CT molecular complexity index is 570. The van der Waals surface area contributed by atoms with Gasteiger partial charge in [0.05, 0.1) is 7.11 Å². The van der Waals surface area contributed by atoms with Crippen molar-refractivity contribution in [2.45, 2.75) is 32.7 Å². The van der Waals surface area contributed by atoms with E-state index in [9.17, 15) is 0 Å². The average Bonchev–Trinajstić information content (AvgIpc) is 2.94. The number of likely N-dealkylation sites (N-methyl/N-ethyl adjacent to an activating group) is 1. The van der Waals surface area contributed by atoms with Gasteiger partial charge in [0.25, 0.3) is 0 Å². The summed E-state index contributed by atoms with van der Waals surface area (Å²) in [7, 11) is 3.50. The van der Waals surface area contributed by atoms with Gasteiger partial charge in [-0.05, 0) is 19.4 Å². The zero-order chi connectivity index (χ0) is 15.2. The number of hydrogen-bond acceptors (Lipinski definition) is 7. The quantitative estimate of drug-likeness (QED) is 0.831. The smallest absolute Gasteiger partial charge is 0.228 e. The van der Waals surface area contributed by atoms with E-state index in [-0.39, 0.29) is 0 Å². The summed E-state index contributed by atoms with van der Waals surface area (Å²) >= 11 is 0. The van der Waals surface area contributed by atoms with Gasteiger partial charge in [0.15, 0.2) is 0 Å². The highest BCUT2D eigenvalue weighted by Gasteiger charge is 2.16.